The first kappa shape index (κ1) is 17.2. The van der Waals surface area contributed by atoms with Gasteiger partial charge < -0.3 is 0 Å². The van der Waals surface area contributed by atoms with Crippen LogP contribution in [-0.2, 0) is 9.59 Å². The number of carbonyl (C=O) groups excluding carboxylic acids is 2. The average Bonchev–Trinajstić information content (AvgIpc) is 2.68. The van der Waals surface area contributed by atoms with Crippen molar-refractivity contribution in [3.63, 3.8) is 0 Å². The molecule has 0 bridgehead atoms. The molecule has 2 aromatic rings. The van der Waals surface area contributed by atoms with Crippen LogP contribution in [-0.4, -0.2) is 11.7 Å². The van der Waals surface area contributed by atoms with E-state index in [4.69, 9.17) is 0 Å². The van der Waals surface area contributed by atoms with Gasteiger partial charge in [-0.1, -0.05) is 36.4 Å². The third kappa shape index (κ3) is 2.86. The highest BCUT2D eigenvalue weighted by Crippen LogP contribution is 2.44. The van der Waals surface area contributed by atoms with E-state index in [2.05, 4.69) is 6.07 Å². The van der Waals surface area contributed by atoms with E-state index in [1.165, 1.54) is 0 Å². The number of anilines is 1. The molecule has 1 atom stereocenters. The van der Waals surface area contributed by atoms with Gasteiger partial charge in [-0.25, -0.2) is 0 Å². The number of amides is 1. The second-order valence-electron chi connectivity index (χ2n) is 7.11. The highest BCUT2D eigenvalue weighted by molar-refractivity contribution is 6.08. The second kappa shape index (κ2) is 6.85. The molecule has 0 N–H and O–H groups in total. The van der Waals surface area contributed by atoms with Crippen molar-refractivity contribution in [1.82, 2.24) is 0 Å². The van der Waals surface area contributed by atoms with Gasteiger partial charge in [0.1, 0.15) is 6.07 Å². The van der Waals surface area contributed by atoms with Crippen LogP contribution in [0.3, 0.4) is 0 Å². The van der Waals surface area contributed by atoms with E-state index in [1.807, 2.05) is 37.3 Å². The van der Waals surface area contributed by atoms with E-state index in [1.54, 1.807) is 23.1 Å². The Morgan fingerprint density at radius 1 is 1.04 bits per heavy atom. The number of benzene rings is 2. The van der Waals surface area contributed by atoms with Gasteiger partial charge in [-0.05, 0) is 43.0 Å². The standard InChI is InChI=1S/C23H20N2O2/c1-15-7-2-4-9-17(15)18-13-22(27)25(19-10-5-3-8-16(19)14-24)20-11-6-12-21(26)23(18)20/h2-5,7-10,18H,6,11-13H2,1H3. The summed E-state index contributed by atoms with van der Waals surface area (Å²) in [6.45, 7) is 2.02. The van der Waals surface area contributed by atoms with Gasteiger partial charge in [0.05, 0.1) is 11.3 Å². The van der Waals surface area contributed by atoms with Crippen LogP contribution in [0.5, 0.6) is 0 Å². The Morgan fingerprint density at radius 3 is 2.56 bits per heavy atom. The first-order chi connectivity index (χ1) is 13.1. The maximum atomic E-state index is 13.2. The summed E-state index contributed by atoms with van der Waals surface area (Å²) in [6, 6.07) is 17.2. The lowest BCUT2D eigenvalue weighted by Crippen LogP contribution is -2.41. The van der Waals surface area contributed by atoms with E-state index in [0.29, 0.717) is 24.1 Å². The molecule has 0 saturated carbocycles. The van der Waals surface area contributed by atoms with Crippen molar-refractivity contribution in [2.24, 2.45) is 0 Å². The maximum absolute atomic E-state index is 13.2. The van der Waals surface area contributed by atoms with Gasteiger partial charge in [-0.2, -0.15) is 5.26 Å². The van der Waals surface area contributed by atoms with Crippen LogP contribution >= 0.6 is 0 Å². The molecule has 1 heterocycles. The number of rotatable bonds is 2. The van der Waals surface area contributed by atoms with Gasteiger partial charge in [0.25, 0.3) is 0 Å². The Balaban J connectivity index is 1.92. The van der Waals surface area contributed by atoms with Crippen molar-refractivity contribution >= 4 is 17.4 Å². The van der Waals surface area contributed by atoms with Crippen molar-refractivity contribution in [3.05, 3.63) is 76.5 Å². The lowest BCUT2D eigenvalue weighted by atomic mass is 9.76. The zero-order valence-corrected chi connectivity index (χ0v) is 15.2. The summed E-state index contributed by atoms with van der Waals surface area (Å²) in [4.78, 5) is 27.7. The Kier molecular flexibility index (Phi) is 4.37. The van der Waals surface area contributed by atoms with Crippen molar-refractivity contribution < 1.29 is 9.59 Å². The molecule has 4 rings (SSSR count). The number of hydrogen-bond acceptors (Lipinski definition) is 3. The summed E-state index contributed by atoms with van der Waals surface area (Å²) in [5, 5.41) is 9.48. The zero-order chi connectivity index (χ0) is 19.0. The van der Waals surface area contributed by atoms with Gasteiger partial charge in [0, 0.05) is 30.0 Å². The van der Waals surface area contributed by atoms with Crippen LogP contribution < -0.4 is 4.90 Å². The molecular formula is C23H20N2O2. The minimum atomic E-state index is -0.202. The highest BCUT2D eigenvalue weighted by atomic mass is 16.2. The lowest BCUT2D eigenvalue weighted by Gasteiger charge is -2.39. The van der Waals surface area contributed by atoms with Crippen molar-refractivity contribution in [3.8, 4) is 6.07 Å². The van der Waals surface area contributed by atoms with Gasteiger partial charge in [0.2, 0.25) is 5.91 Å². The molecule has 4 nitrogen and oxygen atoms in total. The number of ketones is 1. The molecule has 1 aliphatic heterocycles. The number of allylic oxidation sites excluding steroid dienone is 2. The quantitative estimate of drug-likeness (QED) is 0.801. The molecule has 1 unspecified atom stereocenters. The average molecular weight is 356 g/mol. The van der Waals surface area contributed by atoms with Crippen LogP contribution in [0.15, 0.2) is 59.8 Å². The van der Waals surface area contributed by atoms with Gasteiger partial charge in [-0.3, -0.25) is 14.5 Å². The highest BCUT2D eigenvalue weighted by Gasteiger charge is 2.40. The van der Waals surface area contributed by atoms with Gasteiger partial charge >= 0.3 is 0 Å². The Morgan fingerprint density at radius 2 is 1.78 bits per heavy atom. The normalized spacial score (nSPS) is 19.7. The summed E-state index contributed by atoms with van der Waals surface area (Å²) in [7, 11) is 0. The van der Waals surface area contributed by atoms with Gasteiger partial charge in [0.15, 0.2) is 5.78 Å². The number of carbonyl (C=O) groups is 2. The fourth-order valence-electron chi connectivity index (χ4n) is 4.28. The minimum absolute atomic E-state index is 0.0561. The van der Waals surface area contributed by atoms with E-state index in [0.717, 1.165) is 28.8 Å². The maximum Gasteiger partial charge on any atom is 0.232 e. The predicted octanol–water partition coefficient (Wildman–Crippen LogP) is 4.39. The van der Waals surface area contributed by atoms with Crippen LogP contribution in [0, 0.1) is 18.3 Å². The number of nitriles is 1. The zero-order valence-electron chi connectivity index (χ0n) is 15.2. The molecular weight excluding hydrogens is 336 g/mol. The molecule has 134 valence electrons. The number of aryl methyl sites for hydroxylation is 1. The number of nitrogens with zero attached hydrogens (tertiary/aromatic N) is 2. The lowest BCUT2D eigenvalue weighted by molar-refractivity contribution is -0.119. The minimum Gasteiger partial charge on any atom is -0.294 e. The van der Waals surface area contributed by atoms with Crippen molar-refractivity contribution in [2.45, 2.75) is 38.5 Å². The largest absolute Gasteiger partial charge is 0.294 e. The van der Waals surface area contributed by atoms with E-state index >= 15 is 0 Å². The number of para-hydroxylation sites is 1. The summed E-state index contributed by atoms with van der Waals surface area (Å²) in [5.41, 5.74) is 4.69. The summed E-state index contributed by atoms with van der Waals surface area (Å²) in [5.74, 6) is -0.136. The second-order valence-corrected chi connectivity index (χ2v) is 7.11. The third-order valence-corrected chi connectivity index (χ3v) is 5.50. The summed E-state index contributed by atoms with van der Waals surface area (Å²) in [6.07, 6.45) is 2.17. The topological polar surface area (TPSA) is 61.2 Å². The number of hydrogen-bond donors (Lipinski definition) is 0. The summed E-state index contributed by atoms with van der Waals surface area (Å²) >= 11 is 0. The molecule has 27 heavy (non-hydrogen) atoms. The van der Waals surface area contributed by atoms with Crippen LogP contribution in [0.1, 0.15) is 48.3 Å². The molecule has 2 aliphatic rings. The molecule has 0 saturated heterocycles. The SMILES string of the molecule is Cc1ccccc1C1CC(=O)N(c2ccccc2C#N)C2=C1C(=O)CCC2. The van der Waals surface area contributed by atoms with Gasteiger partial charge in [-0.15, -0.1) is 0 Å². The Labute approximate surface area is 158 Å². The first-order valence-electron chi connectivity index (χ1n) is 9.25. The molecule has 1 aliphatic carbocycles. The molecule has 0 fully saturated rings. The molecule has 0 radical (unpaired) electrons. The van der Waals surface area contributed by atoms with E-state index in [9.17, 15) is 14.9 Å². The first-order valence-corrected chi connectivity index (χ1v) is 9.25. The Bertz CT molecular complexity index is 1010. The van der Waals surface area contributed by atoms with Crippen LogP contribution in [0.2, 0.25) is 0 Å². The van der Waals surface area contributed by atoms with E-state index in [-0.39, 0.29) is 24.0 Å². The fraction of sp³-hybridized carbons (Fsp3) is 0.261. The number of Topliss-reactive ketones (excluding diaryl/α,β-unsaturated/α-hetero) is 1. The third-order valence-electron chi connectivity index (χ3n) is 5.50. The monoisotopic (exact) mass is 356 g/mol. The molecule has 0 spiro atoms. The molecule has 1 amide bonds. The van der Waals surface area contributed by atoms with Crippen molar-refractivity contribution in [1.29, 1.82) is 5.26 Å². The Hall–Kier alpha value is -3.19. The molecule has 0 aromatic heterocycles. The van der Waals surface area contributed by atoms with Crippen LogP contribution in [0.25, 0.3) is 0 Å². The predicted molar refractivity (Wildman–Crippen MR) is 103 cm³/mol. The summed E-state index contributed by atoms with van der Waals surface area (Å²) < 4.78 is 0. The molecule has 2 aromatic carbocycles. The van der Waals surface area contributed by atoms with E-state index < -0.39 is 0 Å². The fourth-order valence-corrected chi connectivity index (χ4v) is 4.28. The smallest absolute Gasteiger partial charge is 0.232 e. The van der Waals surface area contributed by atoms with Crippen molar-refractivity contribution in [2.75, 3.05) is 4.90 Å². The molecule has 4 heteroatoms. The van der Waals surface area contributed by atoms with Crippen LogP contribution in [0.4, 0.5) is 5.69 Å².